The van der Waals surface area contributed by atoms with Crippen molar-refractivity contribution in [3.05, 3.63) is 0 Å². The van der Waals surface area contributed by atoms with Gasteiger partial charge in [-0.05, 0) is 6.42 Å². The fourth-order valence-corrected chi connectivity index (χ4v) is 0.756. The third-order valence-corrected chi connectivity index (χ3v) is 1.48. The molecule has 9 heavy (non-hydrogen) atoms. The van der Waals surface area contributed by atoms with E-state index in [2.05, 4.69) is 5.14 Å². The third kappa shape index (κ3) is 3.41. The van der Waals surface area contributed by atoms with Gasteiger partial charge in [-0.15, -0.1) is 0 Å². The Hall–Kier alpha value is -0.170. The second kappa shape index (κ2) is 3.11. The number of rotatable bonds is 3. The van der Waals surface area contributed by atoms with Gasteiger partial charge in [0.15, 0.2) is 0 Å². The van der Waals surface area contributed by atoms with Gasteiger partial charge in [0, 0.05) is 6.54 Å². The van der Waals surface area contributed by atoms with E-state index in [0.717, 1.165) is 0 Å². The normalized spacial score (nSPS) is 12.4. The van der Waals surface area contributed by atoms with E-state index in [1.165, 1.54) is 0 Å². The Morgan fingerprint density at radius 2 is 2.11 bits per heavy atom. The maximum Gasteiger partial charge on any atom is 0.298 e. The van der Waals surface area contributed by atoms with Crippen LogP contribution >= 0.6 is 0 Å². The summed E-state index contributed by atoms with van der Waals surface area (Å²) in [6.45, 7) is 1.77. The SMILES string of the molecule is CCCN(O)S(N)(=O)=O. The summed E-state index contributed by atoms with van der Waals surface area (Å²) in [6, 6.07) is 0. The Balaban J connectivity index is 3.90. The van der Waals surface area contributed by atoms with Crippen molar-refractivity contribution in [1.82, 2.24) is 4.47 Å². The lowest BCUT2D eigenvalue weighted by Crippen LogP contribution is -2.34. The van der Waals surface area contributed by atoms with Crippen LogP contribution in [-0.2, 0) is 10.2 Å². The van der Waals surface area contributed by atoms with E-state index in [4.69, 9.17) is 5.21 Å². The van der Waals surface area contributed by atoms with Crippen molar-refractivity contribution in [1.29, 1.82) is 0 Å². The lowest BCUT2D eigenvalue weighted by atomic mass is 10.5. The van der Waals surface area contributed by atoms with Gasteiger partial charge >= 0.3 is 0 Å². The first-order chi connectivity index (χ1) is 3.98. The van der Waals surface area contributed by atoms with Crippen molar-refractivity contribution in [3.8, 4) is 0 Å². The van der Waals surface area contributed by atoms with Crippen LogP contribution in [0.1, 0.15) is 13.3 Å². The molecule has 6 heteroatoms. The highest BCUT2D eigenvalue weighted by Gasteiger charge is 2.10. The van der Waals surface area contributed by atoms with Crippen LogP contribution in [-0.4, -0.2) is 24.6 Å². The Morgan fingerprint density at radius 3 is 2.22 bits per heavy atom. The van der Waals surface area contributed by atoms with Crippen molar-refractivity contribution < 1.29 is 13.6 Å². The van der Waals surface area contributed by atoms with Crippen molar-refractivity contribution >= 4 is 10.2 Å². The van der Waals surface area contributed by atoms with Gasteiger partial charge in [-0.1, -0.05) is 11.4 Å². The molecule has 0 aromatic heterocycles. The van der Waals surface area contributed by atoms with Crippen molar-refractivity contribution in [2.75, 3.05) is 6.54 Å². The maximum absolute atomic E-state index is 10.2. The first kappa shape index (κ1) is 8.83. The molecule has 0 amide bonds. The largest absolute Gasteiger partial charge is 0.298 e. The first-order valence-corrected chi connectivity index (χ1v) is 3.98. The number of hydrogen-bond donors (Lipinski definition) is 2. The highest BCUT2D eigenvalue weighted by atomic mass is 32.2. The van der Waals surface area contributed by atoms with E-state index in [-0.39, 0.29) is 11.0 Å². The molecule has 0 unspecified atom stereocenters. The lowest BCUT2D eigenvalue weighted by Gasteiger charge is -2.08. The van der Waals surface area contributed by atoms with E-state index in [0.29, 0.717) is 6.42 Å². The third-order valence-electron chi connectivity index (χ3n) is 0.709. The van der Waals surface area contributed by atoms with Crippen LogP contribution in [0.4, 0.5) is 0 Å². The number of hydrogen-bond acceptors (Lipinski definition) is 3. The highest BCUT2D eigenvalue weighted by molar-refractivity contribution is 7.86. The molecule has 0 radical (unpaired) electrons. The second-order valence-corrected chi connectivity index (χ2v) is 3.04. The molecule has 0 aliphatic carbocycles. The first-order valence-electron chi connectivity index (χ1n) is 2.47. The number of nitrogens with zero attached hydrogens (tertiary/aromatic N) is 1. The quantitative estimate of drug-likeness (QED) is 0.527. The van der Waals surface area contributed by atoms with Crippen molar-refractivity contribution in [3.63, 3.8) is 0 Å². The van der Waals surface area contributed by atoms with Gasteiger partial charge in [0.05, 0.1) is 0 Å². The molecule has 0 atom stereocenters. The summed E-state index contributed by atoms with van der Waals surface area (Å²) in [6.07, 6.45) is 0.535. The molecule has 0 saturated heterocycles. The zero-order valence-electron chi connectivity index (χ0n) is 5.11. The predicted octanol–water partition coefficient (Wildman–Crippen LogP) is -0.709. The standard InChI is InChI=1S/C3H10N2O3S/c1-2-3-5(6)9(4,7)8/h6H,2-3H2,1H3,(H2,4,7,8). The Morgan fingerprint density at radius 1 is 1.67 bits per heavy atom. The highest BCUT2D eigenvalue weighted by Crippen LogP contribution is 1.88. The molecule has 0 saturated carbocycles. The fraction of sp³-hybridized carbons (Fsp3) is 1.00. The summed E-state index contributed by atoms with van der Waals surface area (Å²) in [5.74, 6) is 0. The molecule has 56 valence electrons. The molecule has 0 aromatic rings. The van der Waals surface area contributed by atoms with Crippen LogP contribution in [0.2, 0.25) is 0 Å². The summed E-state index contributed by atoms with van der Waals surface area (Å²) in [4.78, 5) is 0. The van der Waals surface area contributed by atoms with Crippen LogP contribution in [0.15, 0.2) is 0 Å². The van der Waals surface area contributed by atoms with E-state index < -0.39 is 10.2 Å². The van der Waals surface area contributed by atoms with E-state index >= 15 is 0 Å². The summed E-state index contributed by atoms with van der Waals surface area (Å²) in [7, 11) is -3.88. The number of hydroxylamine groups is 1. The van der Waals surface area contributed by atoms with Crippen LogP contribution in [0.25, 0.3) is 0 Å². The molecule has 0 bridgehead atoms. The summed E-state index contributed by atoms with van der Waals surface area (Å²) < 4.78 is 20.5. The van der Waals surface area contributed by atoms with Gasteiger partial charge in [-0.25, -0.2) is 5.14 Å². The molecule has 0 aliphatic heterocycles. The zero-order valence-corrected chi connectivity index (χ0v) is 5.93. The van der Waals surface area contributed by atoms with Gasteiger partial charge < -0.3 is 0 Å². The van der Waals surface area contributed by atoms with Gasteiger partial charge in [0.2, 0.25) is 0 Å². The minimum atomic E-state index is -3.88. The molecule has 3 N–H and O–H groups in total. The predicted molar refractivity (Wildman–Crippen MR) is 31.9 cm³/mol. The van der Waals surface area contributed by atoms with E-state index in [9.17, 15) is 8.42 Å². The molecular formula is C3H10N2O3S. The van der Waals surface area contributed by atoms with E-state index in [1.807, 2.05) is 0 Å². The van der Waals surface area contributed by atoms with Gasteiger partial charge in [-0.2, -0.15) is 8.42 Å². The lowest BCUT2D eigenvalue weighted by molar-refractivity contribution is 0.00354. The van der Waals surface area contributed by atoms with Gasteiger partial charge in [0.25, 0.3) is 10.2 Å². The fourth-order valence-electron chi connectivity index (χ4n) is 0.319. The smallest absolute Gasteiger partial charge is 0.298 e. The van der Waals surface area contributed by atoms with Crippen molar-refractivity contribution in [2.45, 2.75) is 13.3 Å². The number of nitrogens with two attached hydrogens (primary N) is 1. The molecule has 0 heterocycles. The molecular weight excluding hydrogens is 144 g/mol. The monoisotopic (exact) mass is 154 g/mol. The van der Waals surface area contributed by atoms with Crippen molar-refractivity contribution in [2.24, 2.45) is 5.14 Å². The summed E-state index contributed by atoms with van der Waals surface area (Å²) in [5, 5.41) is 13.0. The van der Waals surface area contributed by atoms with Crippen LogP contribution in [0.5, 0.6) is 0 Å². The van der Waals surface area contributed by atoms with Crippen LogP contribution in [0, 0.1) is 0 Å². The average Bonchev–Trinajstić information content (AvgIpc) is 1.64. The Bertz CT molecular complexity index is 164. The molecule has 0 rings (SSSR count). The second-order valence-electron chi connectivity index (χ2n) is 1.59. The van der Waals surface area contributed by atoms with Crippen LogP contribution < -0.4 is 5.14 Å². The molecule has 0 fully saturated rings. The van der Waals surface area contributed by atoms with Gasteiger partial charge in [0.1, 0.15) is 0 Å². The molecule has 5 nitrogen and oxygen atoms in total. The van der Waals surface area contributed by atoms with E-state index in [1.54, 1.807) is 6.92 Å². The maximum atomic E-state index is 10.2. The zero-order chi connectivity index (χ0) is 7.49. The van der Waals surface area contributed by atoms with Crippen LogP contribution in [0.3, 0.4) is 0 Å². The van der Waals surface area contributed by atoms with Gasteiger partial charge in [-0.3, -0.25) is 5.21 Å². The Kier molecular flexibility index (Phi) is 3.06. The minimum Gasteiger partial charge on any atom is -0.298 e. The Labute approximate surface area is 54.2 Å². The minimum absolute atomic E-state index is 0.0405. The molecule has 0 aliphatic rings. The summed E-state index contributed by atoms with van der Waals surface area (Å²) in [5.41, 5.74) is 0. The summed E-state index contributed by atoms with van der Waals surface area (Å²) >= 11 is 0. The molecule has 0 spiro atoms. The average molecular weight is 154 g/mol. The topological polar surface area (TPSA) is 83.6 Å². The molecule has 0 aromatic carbocycles.